The topological polar surface area (TPSA) is 76.0 Å². The lowest BCUT2D eigenvalue weighted by molar-refractivity contribution is -0.385. The van der Waals surface area contributed by atoms with Gasteiger partial charge in [0.15, 0.2) is 11.5 Å². The van der Waals surface area contributed by atoms with Crippen molar-refractivity contribution in [1.29, 1.82) is 0 Å². The first-order chi connectivity index (χ1) is 6.96. The molecular weight excluding hydrogens is 224 g/mol. The Morgan fingerprint density at radius 1 is 1.33 bits per heavy atom. The molecule has 0 aliphatic carbocycles. The number of rotatable bonds is 2. The van der Waals surface area contributed by atoms with E-state index < -0.39 is 11.4 Å². The number of benzene rings is 1. The summed E-state index contributed by atoms with van der Waals surface area (Å²) in [5.74, 6) is 0.362. The predicted molar refractivity (Wildman–Crippen MR) is 49.4 cm³/mol. The summed E-state index contributed by atoms with van der Waals surface area (Å²) in [7, 11) is 0. The maximum absolute atomic E-state index is 10.6. The first-order valence-electron chi connectivity index (χ1n) is 4.10. The second kappa shape index (κ2) is 3.37. The molecule has 1 heterocycles. The van der Waals surface area contributed by atoms with Crippen molar-refractivity contribution in [3.63, 3.8) is 0 Å². The van der Waals surface area contributed by atoms with Crippen LogP contribution in [0.25, 0.3) is 0 Å². The molecule has 0 atom stereocenters. The molecule has 6 heteroatoms. The zero-order valence-electron chi connectivity index (χ0n) is 7.44. The van der Waals surface area contributed by atoms with E-state index in [9.17, 15) is 4.79 Å². The van der Waals surface area contributed by atoms with Crippen molar-refractivity contribution in [1.82, 2.24) is 0 Å². The molecule has 1 aliphatic heterocycles. The SMILES string of the molecule is O=C(Cl)Cc1ccc2c(c1)OC(O)(O)O2. The molecule has 0 saturated carbocycles. The zero-order valence-corrected chi connectivity index (χ0v) is 8.19. The third-order valence-corrected chi connectivity index (χ3v) is 1.97. The van der Waals surface area contributed by atoms with E-state index in [4.69, 9.17) is 21.8 Å². The van der Waals surface area contributed by atoms with Gasteiger partial charge in [-0.25, -0.2) is 0 Å². The summed E-state index contributed by atoms with van der Waals surface area (Å²) in [6.07, 6.45) is -2.59. The van der Waals surface area contributed by atoms with Crippen LogP contribution in [0.2, 0.25) is 0 Å². The molecule has 0 saturated heterocycles. The molecule has 5 nitrogen and oxygen atoms in total. The fourth-order valence-electron chi connectivity index (χ4n) is 1.29. The summed E-state index contributed by atoms with van der Waals surface area (Å²) in [6.45, 7) is 0. The number of aliphatic hydroxyl groups is 2. The molecule has 0 bridgehead atoms. The first-order valence-corrected chi connectivity index (χ1v) is 4.48. The molecule has 0 fully saturated rings. The molecule has 0 aromatic heterocycles. The van der Waals surface area contributed by atoms with Gasteiger partial charge in [-0.05, 0) is 29.3 Å². The van der Waals surface area contributed by atoms with Gasteiger partial charge in [0, 0.05) is 6.42 Å². The smallest absolute Gasteiger partial charge is 0.403 e. The number of ether oxygens (including phenoxy) is 2. The molecule has 2 N–H and O–H groups in total. The van der Waals surface area contributed by atoms with Gasteiger partial charge in [0.1, 0.15) is 0 Å². The second-order valence-electron chi connectivity index (χ2n) is 3.07. The van der Waals surface area contributed by atoms with Crippen LogP contribution in [-0.4, -0.2) is 21.6 Å². The highest BCUT2D eigenvalue weighted by atomic mass is 35.5. The highest BCUT2D eigenvalue weighted by Gasteiger charge is 2.38. The summed E-state index contributed by atoms with van der Waals surface area (Å²) in [6, 6.07) is 4.52. The van der Waals surface area contributed by atoms with E-state index in [1.165, 1.54) is 12.1 Å². The van der Waals surface area contributed by atoms with Crippen LogP contribution < -0.4 is 9.47 Å². The predicted octanol–water partition coefficient (Wildman–Crippen LogP) is 0.362. The monoisotopic (exact) mass is 230 g/mol. The van der Waals surface area contributed by atoms with Crippen molar-refractivity contribution >= 4 is 16.8 Å². The summed E-state index contributed by atoms with van der Waals surface area (Å²) in [5.41, 5.74) is 0.607. The molecule has 1 aromatic rings. The number of carbonyl (C=O) groups excluding carboxylic acids is 1. The van der Waals surface area contributed by atoms with Crippen molar-refractivity contribution in [2.75, 3.05) is 0 Å². The Hall–Kier alpha value is -1.30. The Balaban J connectivity index is 2.26. The minimum absolute atomic E-state index is 0.0437. The Labute approximate surface area is 89.8 Å². The summed E-state index contributed by atoms with van der Waals surface area (Å²) < 4.78 is 9.28. The highest BCUT2D eigenvalue weighted by Crippen LogP contribution is 2.37. The number of carbonyl (C=O) groups is 1. The average molecular weight is 231 g/mol. The lowest BCUT2D eigenvalue weighted by atomic mass is 10.1. The summed E-state index contributed by atoms with van der Waals surface area (Å²) in [4.78, 5) is 10.6. The average Bonchev–Trinajstić information content (AvgIpc) is 2.36. The van der Waals surface area contributed by atoms with Crippen molar-refractivity contribution in [2.45, 2.75) is 12.6 Å². The zero-order chi connectivity index (χ0) is 11.1. The number of hydrogen-bond donors (Lipinski definition) is 2. The van der Waals surface area contributed by atoms with Gasteiger partial charge in [-0.2, -0.15) is 0 Å². The van der Waals surface area contributed by atoms with Gasteiger partial charge in [0.2, 0.25) is 5.24 Å². The molecule has 1 aromatic carbocycles. The molecule has 15 heavy (non-hydrogen) atoms. The van der Waals surface area contributed by atoms with Crippen LogP contribution >= 0.6 is 11.6 Å². The quantitative estimate of drug-likeness (QED) is 0.567. The van der Waals surface area contributed by atoms with Crippen LogP contribution in [0.3, 0.4) is 0 Å². The number of hydrogen-bond acceptors (Lipinski definition) is 5. The van der Waals surface area contributed by atoms with Crippen LogP contribution in [0.15, 0.2) is 18.2 Å². The Kier molecular flexibility index (Phi) is 2.30. The molecule has 2 rings (SSSR count). The molecule has 0 amide bonds. The van der Waals surface area contributed by atoms with Crippen molar-refractivity contribution in [2.24, 2.45) is 0 Å². The van der Waals surface area contributed by atoms with Gasteiger partial charge >= 0.3 is 6.16 Å². The molecule has 0 radical (unpaired) electrons. The fourth-order valence-corrected chi connectivity index (χ4v) is 1.45. The third kappa shape index (κ3) is 2.20. The van der Waals surface area contributed by atoms with Gasteiger partial charge in [-0.1, -0.05) is 6.07 Å². The summed E-state index contributed by atoms with van der Waals surface area (Å²) >= 11 is 5.21. The number of halogens is 1. The Morgan fingerprint density at radius 2 is 2.00 bits per heavy atom. The second-order valence-corrected chi connectivity index (χ2v) is 3.49. The first kappa shape index (κ1) is 10.2. The van der Waals surface area contributed by atoms with Gasteiger partial charge in [0.05, 0.1) is 0 Å². The van der Waals surface area contributed by atoms with Crippen LogP contribution in [0.1, 0.15) is 5.56 Å². The largest absolute Gasteiger partial charge is 0.505 e. The maximum Gasteiger partial charge on any atom is 0.505 e. The van der Waals surface area contributed by atoms with E-state index in [2.05, 4.69) is 9.47 Å². The van der Waals surface area contributed by atoms with E-state index in [1.54, 1.807) is 6.07 Å². The van der Waals surface area contributed by atoms with E-state index in [-0.39, 0.29) is 17.9 Å². The maximum atomic E-state index is 10.6. The third-order valence-electron chi connectivity index (χ3n) is 1.84. The summed E-state index contributed by atoms with van der Waals surface area (Å²) in [5, 5.41) is 17.5. The van der Waals surface area contributed by atoms with Crippen LogP contribution in [0.5, 0.6) is 11.5 Å². The molecule has 80 valence electrons. The van der Waals surface area contributed by atoms with Crippen molar-refractivity contribution < 1.29 is 24.5 Å². The van der Waals surface area contributed by atoms with E-state index in [1.807, 2.05) is 0 Å². The minimum atomic E-state index is -2.63. The van der Waals surface area contributed by atoms with Crippen molar-refractivity contribution in [3.05, 3.63) is 23.8 Å². The molecular formula is C9H7ClO5. The van der Waals surface area contributed by atoms with E-state index >= 15 is 0 Å². The van der Waals surface area contributed by atoms with Gasteiger partial charge in [-0.3, -0.25) is 15.0 Å². The Morgan fingerprint density at radius 3 is 2.67 bits per heavy atom. The van der Waals surface area contributed by atoms with Gasteiger partial charge in [0.25, 0.3) is 0 Å². The standard InChI is InChI=1S/C9H7ClO5/c10-8(11)4-5-1-2-6-7(3-5)15-9(12,13)14-6/h1-3,12-13H,4H2. The van der Waals surface area contributed by atoms with E-state index in [0.29, 0.717) is 5.56 Å². The van der Waals surface area contributed by atoms with Gasteiger partial charge in [-0.15, -0.1) is 0 Å². The molecule has 1 aliphatic rings. The minimum Gasteiger partial charge on any atom is -0.403 e. The van der Waals surface area contributed by atoms with Crippen molar-refractivity contribution in [3.8, 4) is 11.5 Å². The fraction of sp³-hybridized carbons (Fsp3) is 0.222. The lowest BCUT2D eigenvalue weighted by Gasteiger charge is -2.10. The highest BCUT2D eigenvalue weighted by molar-refractivity contribution is 6.63. The van der Waals surface area contributed by atoms with Crippen LogP contribution in [0, 0.1) is 0 Å². The van der Waals surface area contributed by atoms with E-state index in [0.717, 1.165) is 0 Å². The normalized spacial score (nSPS) is 16.5. The number of fused-ring (bicyclic) bond motifs is 1. The van der Waals surface area contributed by atoms with Gasteiger partial charge < -0.3 is 9.47 Å². The molecule has 0 unspecified atom stereocenters. The van der Waals surface area contributed by atoms with Crippen LogP contribution in [-0.2, 0) is 11.2 Å². The van der Waals surface area contributed by atoms with Crippen LogP contribution in [0.4, 0.5) is 0 Å². The Bertz CT molecular complexity index is 415. The molecule has 0 spiro atoms. The lowest BCUT2D eigenvalue weighted by Crippen LogP contribution is -2.37.